The van der Waals surface area contributed by atoms with Crippen molar-refractivity contribution in [3.63, 3.8) is 0 Å². The third kappa shape index (κ3) is 7.18. The molecule has 1 amide bonds. The number of nitrogens with one attached hydrogen (secondary N) is 1. The van der Waals surface area contributed by atoms with Crippen molar-refractivity contribution in [1.82, 2.24) is 5.32 Å². The summed E-state index contributed by atoms with van der Waals surface area (Å²) in [6.07, 6.45) is 0.136. The summed E-state index contributed by atoms with van der Waals surface area (Å²) >= 11 is 0. The zero-order valence-corrected chi connectivity index (χ0v) is 11.2. The van der Waals surface area contributed by atoms with Crippen LogP contribution in [0.4, 0.5) is 4.79 Å². The van der Waals surface area contributed by atoms with Crippen molar-refractivity contribution in [3.05, 3.63) is 0 Å². The average Bonchev–Trinajstić information content (AvgIpc) is 2.13. The van der Waals surface area contributed by atoms with E-state index in [0.717, 1.165) is 0 Å². The molecule has 0 aromatic rings. The fourth-order valence-corrected chi connectivity index (χ4v) is 2.11. The zero-order chi connectivity index (χ0) is 13.7. The van der Waals surface area contributed by atoms with E-state index in [1.165, 1.54) is 0 Å². The standard InChI is InChI=1S/C12H25NO4/c1-11(2,8-15)5-9(7-14)6-12(3,4)13-10(16)17/h9,13-15H,5-8H2,1-4H3,(H,16,17)/t9-/m1/s1. The number of hydrogen-bond donors (Lipinski definition) is 4. The van der Waals surface area contributed by atoms with Crippen molar-refractivity contribution in [2.75, 3.05) is 13.2 Å². The van der Waals surface area contributed by atoms with Gasteiger partial charge in [-0.15, -0.1) is 0 Å². The van der Waals surface area contributed by atoms with Crippen LogP contribution < -0.4 is 5.32 Å². The van der Waals surface area contributed by atoms with Gasteiger partial charge in [-0.2, -0.15) is 0 Å². The second-order valence-electron chi connectivity index (χ2n) is 6.09. The Morgan fingerprint density at radius 2 is 1.71 bits per heavy atom. The van der Waals surface area contributed by atoms with Crippen molar-refractivity contribution < 1.29 is 20.1 Å². The average molecular weight is 247 g/mol. The summed E-state index contributed by atoms with van der Waals surface area (Å²) in [4.78, 5) is 10.6. The van der Waals surface area contributed by atoms with E-state index in [4.69, 9.17) is 5.11 Å². The molecule has 17 heavy (non-hydrogen) atoms. The maximum absolute atomic E-state index is 10.6. The van der Waals surface area contributed by atoms with E-state index in [1.807, 2.05) is 13.8 Å². The maximum atomic E-state index is 10.6. The Morgan fingerprint density at radius 1 is 1.18 bits per heavy atom. The minimum atomic E-state index is -1.06. The summed E-state index contributed by atoms with van der Waals surface area (Å²) < 4.78 is 0. The first-order chi connectivity index (χ1) is 7.62. The smallest absolute Gasteiger partial charge is 0.405 e. The number of hydrogen-bond acceptors (Lipinski definition) is 3. The van der Waals surface area contributed by atoms with Crippen LogP contribution in [0, 0.1) is 11.3 Å². The van der Waals surface area contributed by atoms with Gasteiger partial charge in [-0.3, -0.25) is 0 Å². The second kappa shape index (κ2) is 6.21. The van der Waals surface area contributed by atoms with E-state index in [2.05, 4.69) is 5.32 Å². The highest BCUT2D eigenvalue weighted by atomic mass is 16.4. The van der Waals surface area contributed by atoms with Gasteiger partial charge in [0.2, 0.25) is 0 Å². The third-order valence-electron chi connectivity index (χ3n) is 2.77. The summed E-state index contributed by atoms with van der Waals surface area (Å²) in [5, 5.41) is 29.6. The fourth-order valence-electron chi connectivity index (χ4n) is 2.11. The number of carboxylic acid groups (broad SMARTS) is 1. The monoisotopic (exact) mass is 247 g/mol. The number of aliphatic hydroxyl groups is 2. The van der Waals surface area contributed by atoms with Crippen LogP contribution in [-0.4, -0.2) is 40.2 Å². The largest absolute Gasteiger partial charge is 0.465 e. The van der Waals surface area contributed by atoms with Gasteiger partial charge < -0.3 is 20.6 Å². The molecule has 0 saturated heterocycles. The molecule has 1 atom stereocenters. The van der Waals surface area contributed by atoms with Gasteiger partial charge in [0, 0.05) is 18.8 Å². The first-order valence-electron chi connectivity index (χ1n) is 5.85. The highest BCUT2D eigenvalue weighted by Gasteiger charge is 2.29. The van der Waals surface area contributed by atoms with Crippen molar-refractivity contribution in [3.8, 4) is 0 Å². The quantitative estimate of drug-likeness (QED) is 0.548. The fraction of sp³-hybridized carbons (Fsp3) is 0.917. The number of rotatable bonds is 7. The van der Waals surface area contributed by atoms with Gasteiger partial charge in [-0.05, 0) is 38.0 Å². The molecule has 0 aliphatic carbocycles. The Balaban J connectivity index is 4.44. The van der Waals surface area contributed by atoms with E-state index in [0.29, 0.717) is 12.8 Å². The zero-order valence-electron chi connectivity index (χ0n) is 11.2. The predicted octanol–water partition coefficient (Wildman–Crippen LogP) is 1.44. The highest BCUT2D eigenvalue weighted by Crippen LogP contribution is 2.29. The van der Waals surface area contributed by atoms with Gasteiger partial charge in [-0.1, -0.05) is 13.8 Å². The van der Waals surface area contributed by atoms with Crippen molar-refractivity contribution in [2.45, 2.75) is 46.1 Å². The predicted molar refractivity (Wildman–Crippen MR) is 65.9 cm³/mol. The van der Waals surface area contributed by atoms with Crippen LogP contribution in [0.5, 0.6) is 0 Å². The Labute approximate surface area is 103 Å². The lowest BCUT2D eigenvalue weighted by Gasteiger charge is -2.33. The summed E-state index contributed by atoms with van der Waals surface area (Å²) in [5.41, 5.74) is -0.836. The van der Waals surface area contributed by atoms with Crippen LogP contribution in [-0.2, 0) is 0 Å². The first kappa shape index (κ1) is 16.2. The Hall–Kier alpha value is -0.810. The molecule has 0 saturated carbocycles. The van der Waals surface area contributed by atoms with E-state index in [1.54, 1.807) is 13.8 Å². The molecule has 0 aliphatic rings. The lowest BCUT2D eigenvalue weighted by Crippen LogP contribution is -2.45. The molecule has 5 heteroatoms. The van der Waals surface area contributed by atoms with E-state index >= 15 is 0 Å². The molecule has 0 bridgehead atoms. The summed E-state index contributed by atoms with van der Waals surface area (Å²) in [7, 11) is 0. The normalized spacial score (nSPS) is 14.5. The SMILES string of the molecule is CC(C)(CO)C[C@@H](CO)CC(C)(C)NC(=O)O. The molecule has 0 spiro atoms. The molecule has 0 rings (SSSR count). The summed E-state index contributed by atoms with van der Waals surface area (Å²) in [6.45, 7) is 7.47. The Morgan fingerprint density at radius 3 is 2.06 bits per heavy atom. The molecule has 0 radical (unpaired) electrons. The number of aliphatic hydroxyl groups excluding tert-OH is 2. The van der Waals surface area contributed by atoms with Gasteiger partial charge in [-0.25, -0.2) is 4.79 Å². The minimum absolute atomic E-state index is 0.00579. The lowest BCUT2D eigenvalue weighted by atomic mass is 9.79. The van der Waals surface area contributed by atoms with Crippen LogP contribution in [0.2, 0.25) is 0 Å². The van der Waals surface area contributed by atoms with Crippen LogP contribution in [0.15, 0.2) is 0 Å². The molecule has 4 N–H and O–H groups in total. The molecular formula is C12H25NO4. The van der Waals surface area contributed by atoms with Crippen LogP contribution in [0.3, 0.4) is 0 Å². The van der Waals surface area contributed by atoms with Gasteiger partial charge in [0.1, 0.15) is 0 Å². The summed E-state index contributed by atoms with van der Waals surface area (Å²) in [5.74, 6) is -0.0287. The highest BCUT2D eigenvalue weighted by molar-refractivity contribution is 5.65. The second-order valence-corrected chi connectivity index (χ2v) is 6.09. The Bertz CT molecular complexity index is 251. The van der Waals surface area contributed by atoms with Gasteiger partial charge >= 0.3 is 6.09 Å². The van der Waals surface area contributed by atoms with Crippen LogP contribution in [0.1, 0.15) is 40.5 Å². The number of amides is 1. The molecule has 0 aromatic heterocycles. The topological polar surface area (TPSA) is 89.8 Å². The number of carbonyl (C=O) groups is 1. The van der Waals surface area contributed by atoms with E-state index in [9.17, 15) is 15.0 Å². The Kier molecular flexibility index (Phi) is 5.92. The van der Waals surface area contributed by atoms with Crippen molar-refractivity contribution >= 4 is 6.09 Å². The minimum Gasteiger partial charge on any atom is -0.465 e. The lowest BCUT2D eigenvalue weighted by molar-refractivity contribution is 0.0907. The van der Waals surface area contributed by atoms with Gasteiger partial charge in [0.25, 0.3) is 0 Å². The maximum Gasteiger partial charge on any atom is 0.405 e. The molecule has 0 heterocycles. The third-order valence-corrected chi connectivity index (χ3v) is 2.77. The van der Waals surface area contributed by atoms with Crippen LogP contribution in [0.25, 0.3) is 0 Å². The summed E-state index contributed by atoms with van der Waals surface area (Å²) in [6, 6.07) is 0. The van der Waals surface area contributed by atoms with Crippen molar-refractivity contribution in [1.29, 1.82) is 0 Å². The first-order valence-corrected chi connectivity index (χ1v) is 5.85. The molecule has 102 valence electrons. The molecule has 0 aliphatic heterocycles. The van der Waals surface area contributed by atoms with Crippen molar-refractivity contribution in [2.24, 2.45) is 11.3 Å². The van der Waals surface area contributed by atoms with E-state index in [-0.39, 0.29) is 24.5 Å². The molecule has 0 aromatic carbocycles. The van der Waals surface area contributed by atoms with Crippen LogP contribution >= 0.6 is 0 Å². The molecule has 0 fully saturated rings. The van der Waals surface area contributed by atoms with E-state index < -0.39 is 11.6 Å². The van der Waals surface area contributed by atoms with Gasteiger partial charge in [0.05, 0.1) is 0 Å². The van der Waals surface area contributed by atoms with Gasteiger partial charge in [0.15, 0.2) is 0 Å². The molecule has 5 nitrogen and oxygen atoms in total. The molecular weight excluding hydrogens is 222 g/mol. The molecule has 0 unspecified atom stereocenters.